The van der Waals surface area contributed by atoms with Gasteiger partial charge in [0.25, 0.3) is 5.91 Å². The predicted octanol–water partition coefficient (Wildman–Crippen LogP) is 3.75. The van der Waals surface area contributed by atoms with Crippen molar-refractivity contribution >= 4 is 34.6 Å². The van der Waals surface area contributed by atoms with Crippen LogP contribution in [-0.2, 0) is 4.79 Å². The second-order valence-corrected chi connectivity index (χ2v) is 5.66. The Labute approximate surface area is 132 Å². The van der Waals surface area contributed by atoms with E-state index in [9.17, 15) is 4.79 Å². The molecule has 1 heterocycles. The summed E-state index contributed by atoms with van der Waals surface area (Å²) < 4.78 is 5.30. The highest BCUT2D eigenvalue weighted by Gasteiger charge is 2.33. The van der Waals surface area contributed by atoms with Gasteiger partial charge in [0.15, 0.2) is 5.17 Å². The number of ether oxygens (including phenoxy) is 1. The van der Waals surface area contributed by atoms with Gasteiger partial charge in [0.05, 0.1) is 17.7 Å². The molecule has 0 saturated carbocycles. The largest absolute Gasteiger partial charge is 0.496 e. The number of hydrogen-bond donors (Lipinski definition) is 1. The Bertz CT molecular complexity index is 756. The van der Waals surface area contributed by atoms with E-state index in [1.54, 1.807) is 13.2 Å². The van der Waals surface area contributed by atoms with E-state index in [1.165, 1.54) is 4.90 Å². The number of amides is 1. The van der Waals surface area contributed by atoms with Gasteiger partial charge in [-0.3, -0.25) is 15.1 Å². The standard InChI is InChI=1S/C17H14N2O2S/c1-21-14-10-6-5-7-12(14)11-15-16(20)19(17(18)22-15)13-8-3-2-4-9-13/h2-11,18H,1H3/b15-11-,18-17?. The molecule has 4 nitrogen and oxygen atoms in total. The van der Waals surface area contributed by atoms with Crippen LogP contribution in [-0.4, -0.2) is 18.2 Å². The van der Waals surface area contributed by atoms with Crippen LogP contribution < -0.4 is 9.64 Å². The molecule has 0 aliphatic carbocycles. The molecule has 0 atom stereocenters. The summed E-state index contributed by atoms with van der Waals surface area (Å²) in [6, 6.07) is 16.7. The fourth-order valence-corrected chi connectivity index (χ4v) is 3.08. The molecule has 1 N–H and O–H groups in total. The molecule has 110 valence electrons. The minimum atomic E-state index is -0.188. The summed E-state index contributed by atoms with van der Waals surface area (Å²) in [5.41, 5.74) is 1.52. The molecule has 0 spiro atoms. The monoisotopic (exact) mass is 310 g/mol. The summed E-state index contributed by atoms with van der Waals surface area (Å²) >= 11 is 1.16. The van der Waals surface area contributed by atoms with Crippen LogP contribution in [0.1, 0.15) is 5.56 Å². The zero-order chi connectivity index (χ0) is 15.5. The zero-order valence-electron chi connectivity index (χ0n) is 11.9. The fourth-order valence-electron chi connectivity index (χ4n) is 2.23. The summed E-state index contributed by atoms with van der Waals surface area (Å²) in [7, 11) is 1.60. The summed E-state index contributed by atoms with van der Waals surface area (Å²) in [4.78, 5) is 14.5. The first kappa shape index (κ1) is 14.4. The summed E-state index contributed by atoms with van der Waals surface area (Å²) in [6.45, 7) is 0. The second kappa shape index (κ2) is 6.07. The van der Waals surface area contributed by atoms with Crippen LogP contribution >= 0.6 is 11.8 Å². The fraction of sp³-hybridized carbons (Fsp3) is 0.0588. The Balaban J connectivity index is 1.96. The highest BCUT2D eigenvalue weighted by Crippen LogP contribution is 2.36. The molecule has 5 heteroatoms. The maximum atomic E-state index is 12.6. The molecule has 1 fully saturated rings. The first-order chi connectivity index (χ1) is 10.7. The molecule has 0 aromatic heterocycles. The molecule has 0 unspecified atom stereocenters. The normalized spacial score (nSPS) is 16.4. The van der Waals surface area contributed by atoms with Crippen molar-refractivity contribution in [2.45, 2.75) is 0 Å². The Hall–Kier alpha value is -2.53. The van der Waals surface area contributed by atoms with Crippen LogP contribution in [0.3, 0.4) is 0 Å². The Morgan fingerprint density at radius 3 is 2.50 bits per heavy atom. The molecule has 0 bridgehead atoms. The van der Waals surface area contributed by atoms with Crippen LogP contribution in [0.15, 0.2) is 59.5 Å². The van der Waals surface area contributed by atoms with Crippen LogP contribution in [0.5, 0.6) is 5.75 Å². The van der Waals surface area contributed by atoms with Gasteiger partial charge in [-0.15, -0.1) is 0 Å². The smallest absolute Gasteiger partial charge is 0.271 e. The highest BCUT2D eigenvalue weighted by atomic mass is 32.2. The number of benzene rings is 2. The number of para-hydroxylation sites is 2. The first-order valence-electron chi connectivity index (χ1n) is 6.71. The van der Waals surface area contributed by atoms with Crippen LogP contribution in [0.25, 0.3) is 6.08 Å². The van der Waals surface area contributed by atoms with E-state index in [1.807, 2.05) is 54.6 Å². The van der Waals surface area contributed by atoms with Gasteiger partial charge in [-0.2, -0.15) is 0 Å². The van der Waals surface area contributed by atoms with Crippen molar-refractivity contribution in [3.05, 3.63) is 65.1 Å². The molecule has 1 aliphatic rings. The van der Waals surface area contributed by atoms with E-state index in [2.05, 4.69) is 0 Å². The predicted molar refractivity (Wildman–Crippen MR) is 90.2 cm³/mol. The Kier molecular flexibility index (Phi) is 3.98. The molecular weight excluding hydrogens is 296 g/mol. The van der Waals surface area contributed by atoms with Crippen LogP contribution in [0.4, 0.5) is 5.69 Å². The van der Waals surface area contributed by atoms with Crippen LogP contribution in [0, 0.1) is 5.41 Å². The molecule has 1 saturated heterocycles. The molecule has 22 heavy (non-hydrogen) atoms. The van der Waals surface area contributed by atoms with Crippen molar-refractivity contribution in [1.29, 1.82) is 5.41 Å². The lowest BCUT2D eigenvalue weighted by atomic mass is 10.2. The van der Waals surface area contributed by atoms with E-state index in [-0.39, 0.29) is 11.1 Å². The second-order valence-electron chi connectivity index (χ2n) is 4.63. The number of nitrogens with one attached hydrogen (secondary N) is 1. The minimum absolute atomic E-state index is 0.188. The van der Waals surface area contributed by atoms with Gasteiger partial charge in [-0.05, 0) is 36.0 Å². The summed E-state index contributed by atoms with van der Waals surface area (Å²) in [5.74, 6) is 0.514. The number of thioether (sulfide) groups is 1. The highest BCUT2D eigenvalue weighted by molar-refractivity contribution is 8.19. The van der Waals surface area contributed by atoms with Crippen LogP contribution in [0.2, 0.25) is 0 Å². The molecule has 1 aliphatic heterocycles. The third-order valence-corrected chi connectivity index (χ3v) is 4.15. The van der Waals surface area contributed by atoms with E-state index < -0.39 is 0 Å². The van der Waals surface area contributed by atoms with Gasteiger partial charge in [0.2, 0.25) is 0 Å². The van der Waals surface area contributed by atoms with Crippen molar-refractivity contribution in [2.24, 2.45) is 0 Å². The number of anilines is 1. The SMILES string of the molecule is COc1ccccc1/C=C1\SC(=N)N(c2ccccc2)C1=O. The van der Waals surface area contributed by atoms with Gasteiger partial charge in [-0.25, -0.2) is 0 Å². The van der Waals surface area contributed by atoms with E-state index in [0.29, 0.717) is 16.3 Å². The molecule has 2 aromatic carbocycles. The van der Waals surface area contributed by atoms with Gasteiger partial charge in [-0.1, -0.05) is 36.4 Å². The number of amidine groups is 1. The van der Waals surface area contributed by atoms with E-state index in [0.717, 1.165) is 17.3 Å². The molecule has 2 aromatic rings. The lowest BCUT2D eigenvalue weighted by Gasteiger charge is -2.13. The average molecular weight is 310 g/mol. The van der Waals surface area contributed by atoms with Gasteiger partial charge in [0.1, 0.15) is 5.75 Å². The van der Waals surface area contributed by atoms with Crippen molar-refractivity contribution in [3.63, 3.8) is 0 Å². The number of nitrogens with zero attached hydrogens (tertiary/aromatic N) is 1. The maximum Gasteiger partial charge on any atom is 0.271 e. The van der Waals surface area contributed by atoms with E-state index in [4.69, 9.17) is 10.1 Å². The number of hydrogen-bond acceptors (Lipinski definition) is 4. The van der Waals surface area contributed by atoms with Gasteiger partial charge in [0, 0.05) is 5.56 Å². The lowest BCUT2D eigenvalue weighted by molar-refractivity contribution is -0.113. The van der Waals surface area contributed by atoms with Crippen molar-refractivity contribution in [1.82, 2.24) is 0 Å². The van der Waals surface area contributed by atoms with E-state index >= 15 is 0 Å². The quantitative estimate of drug-likeness (QED) is 0.878. The molecule has 3 rings (SSSR count). The average Bonchev–Trinajstić information content (AvgIpc) is 2.83. The number of carbonyl (C=O) groups is 1. The Morgan fingerprint density at radius 1 is 1.09 bits per heavy atom. The lowest BCUT2D eigenvalue weighted by Crippen LogP contribution is -2.27. The third kappa shape index (κ3) is 2.63. The number of methoxy groups -OCH3 is 1. The Morgan fingerprint density at radius 2 is 1.77 bits per heavy atom. The number of carbonyl (C=O) groups excluding carboxylic acids is 1. The molecule has 0 radical (unpaired) electrons. The van der Waals surface area contributed by atoms with Crippen molar-refractivity contribution < 1.29 is 9.53 Å². The minimum Gasteiger partial charge on any atom is -0.496 e. The molecule has 1 amide bonds. The van der Waals surface area contributed by atoms with Gasteiger partial charge >= 0.3 is 0 Å². The zero-order valence-corrected chi connectivity index (χ0v) is 12.8. The summed E-state index contributed by atoms with van der Waals surface area (Å²) in [6.07, 6.45) is 1.77. The number of rotatable bonds is 3. The topological polar surface area (TPSA) is 53.4 Å². The molecular formula is C17H14N2O2S. The maximum absolute atomic E-state index is 12.6. The first-order valence-corrected chi connectivity index (χ1v) is 7.53. The van der Waals surface area contributed by atoms with Crippen molar-refractivity contribution in [3.8, 4) is 5.75 Å². The third-order valence-electron chi connectivity index (χ3n) is 3.26. The van der Waals surface area contributed by atoms with Crippen molar-refractivity contribution in [2.75, 3.05) is 12.0 Å². The summed E-state index contributed by atoms with van der Waals surface area (Å²) in [5, 5.41) is 8.27. The van der Waals surface area contributed by atoms with Gasteiger partial charge < -0.3 is 4.74 Å².